The van der Waals surface area contributed by atoms with Crippen molar-refractivity contribution >= 4 is 48.1 Å². The van der Waals surface area contributed by atoms with E-state index in [0.717, 1.165) is 11.3 Å². The van der Waals surface area contributed by atoms with Crippen LogP contribution in [0.5, 0.6) is 0 Å². The number of nitrogens with one attached hydrogen (secondary N) is 1. The molecule has 160 valence electrons. The average molecular weight is 444 g/mol. The summed E-state index contributed by atoms with van der Waals surface area (Å²) in [5.74, 6) is 1.06. The lowest BCUT2D eigenvalue weighted by atomic mass is 10.1. The Bertz CT molecular complexity index is 807. The van der Waals surface area contributed by atoms with Crippen LogP contribution in [-0.2, 0) is 16.0 Å². The number of piperazine rings is 1. The number of carbonyl (C=O) groups excluding carboxylic acids is 2. The van der Waals surface area contributed by atoms with E-state index in [9.17, 15) is 9.59 Å². The highest BCUT2D eigenvalue weighted by atomic mass is 35.5. The van der Waals surface area contributed by atoms with Crippen LogP contribution in [-0.4, -0.2) is 59.5 Å². The zero-order valence-corrected chi connectivity index (χ0v) is 17.9. The number of halogens is 2. The summed E-state index contributed by atoms with van der Waals surface area (Å²) < 4.78 is 4.93. The molecule has 0 radical (unpaired) electrons. The number of hydrogen-bond acceptors (Lipinski definition) is 6. The maximum absolute atomic E-state index is 12.4. The highest BCUT2D eigenvalue weighted by Crippen LogP contribution is 2.14. The second kappa shape index (κ2) is 11.6. The monoisotopic (exact) mass is 443 g/mol. The van der Waals surface area contributed by atoms with Crippen LogP contribution >= 0.6 is 24.8 Å². The number of carbonyl (C=O) groups is 2. The van der Waals surface area contributed by atoms with Crippen LogP contribution in [0.25, 0.3) is 0 Å². The number of nitrogens with zero attached hydrogens (tertiary/aromatic N) is 3. The molecule has 1 aromatic carbocycles. The van der Waals surface area contributed by atoms with Crippen molar-refractivity contribution in [1.82, 2.24) is 15.0 Å². The number of nitrogens with two attached hydrogens (primary N) is 1. The molecule has 10 heteroatoms. The Kier molecular flexibility index (Phi) is 9.94. The van der Waals surface area contributed by atoms with E-state index in [1.165, 1.54) is 0 Å². The third-order valence-electron chi connectivity index (χ3n) is 4.65. The summed E-state index contributed by atoms with van der Waals surface area (Å²) in [7, 11) is 0. The lowest BCUT2D eigenvalue weighted by Gasteiger charge is -2.34. The predicted octanol–water partition coefficient (Wildman–Crippen LogP) is 2.12. The van der Waals surface area contributed by atoms with Crippen LogP contribution in [0, 0.1) is 6.92 Å². The van der Waals surface area contributed by atoms with Crippen molar-refractivity contribution in [3.8, 4) is 0 Å². The molecular weight excluding hydrogens is 417 g/mol. The first kappa shape index (κ1) is 24.7. The summed E-state index contributed by atoms with van der Waals surface area (Å²) in [6, 6.07) is 9.30. The molecule has 1 saturated heterocycles. The maximum Gasteiger partial charge on any atom is 0.239 e. The van der Waals surface area contributed by atoms with Gasteiger partial charge in [-0.05, 0) is 25.0 Å². The van der Waals surface area contributed by atoms with Gasteiger partial charge in [-0.15, -0.1) is 24.8 Å². The van der Waals surface area contributed by atoms with Crippen molar-refractivity contribution in [2.75, 3.05) is 43.8 Å². The van der Waals surface area contributed by atoms with Gasteiger partial charge in [0.2, 0.25) is 11.8 Å². The van der Waals surface area contributed by atoms with E-state index >= 15 is 0 Å². The third-order valence-corrected chi connectivity index (χ3v) is 4.65. The molecule has 8 nitrogen and oxygen atoms in total. The first-order valence-electron chi connectivity index (χ1n) is 9.08. The van der Waals surface area contributed by atoms with Crippen molar-refractivity contribution < 1.29 is 14.1 Å². The molecule has 0 unspecified atom stereocenters. The lowest BCUT2D eigenvalue weighted by molar-refractivity contribution is -0.133. The summed E-state index contributed by atoms with van der Waals surface area (Å²) >= 11 is 0. The topological polar surface area (TPSA) is 105 Å². The number of amides is 2. The van der Waals surface area contributed by atoms with Gasteiger partial charge in [-0.2, -0.15) is 0 Å². The molecule has 0 atom stereocenters. The van der Waals surface area contributed by atoms with E-state index in [1.807, 2.05) is 34.1 Å². The zero-order chi connectivity index (χ0) is 19.2. The first-order chi connectivity index (χ1) is 13.0. The van der Waals surface area contributed by atoms with Crippen molar-refractivity contribution in [2.45, 2.75) is 19.8 Å². The number of aryl methyl sites for hydroxylation is 2. The molecule has 1 aliphatic heterocycles. The summed E-state index contributed by atoms with van der Waals surface area (Å²) in [6.45, 7) is 4.63. The third kappa shape index (κ3) is 7.23. The van der Waals surface area contributed by atoms with Crippen molar-refractivity contribution in [3.63, 3.8) is 0 Å². The van der Waals surface area contributed by atoms with Gasteiger partial charge in [-0.1, -0.05) is 23.4 Å². The van der Waals surface area contributed by atoms with Gasteiger partial charge in [0.05, 0.1) is 6.54 Å². The number of benzene rings is 1. The van der Waals surface area contributed by atoms with Crippen LogP contribution in [0.1, 0.15) is 17.7 Å². The molecule has 0 bridgehead atoms. The first-order valence-corrected chi connectivity index (χ1v) is 9.08. The minimum Gasteiger partial charge on any atom is -0.399 e. The largest absolute Gasteiger partial charge is 0.399 e. The lowest BCUT2D eigenvalue weighted by Crippen LogP contribution is -2.50. The molecule has 0 aliphatic carbocycles. The van der Waals surface area contributed by atoms with Crippen LogP contribution in [0.2, 0.25) is 0 Å². The zero-order valence-electron chi connectivity index (χ0n) is 16.3. The molecule has 1 aromatic heterocycles. The Morgan fingerprint density at radius 1 is 1.17 bits per heavy atom. The minimum absolute atomic E-state index is 0. The highest BCUT2D eigenvalue weighted by Gasteiger charge is 2.22. The van der Waals surface area contributed by atoms with Gasteiger partial charge >= 0.3 is 0 Å². The summed E-state index contributed by atoms with van der Waals surface area (Å²) in [5, 5.41) is 6.46. The Labute approximate surface area is 182 Å². The fourth-order valence-corrected chi connectivity index (χ4v) is 3.13. The Balaban J connectivity index is 0.00000210. The maximum atomic E-state index is 12.4. The molecule has 3 rings (SSSR count). The number of para-hydroxylation sites is 1. The van der Waals surface area contributed by atoms with Gasteiger partial charge in [0.25, 0.3) is 0 Å². The van der Waals surface area contributed by atoms with Crippen molar-refractivity contribution in [1.29, 1.82) is 0 Å². The van der Waals surface area contributed by atoms with E-state index in [2.05, 4.69) is 10.5 Å². The number of rotatable bonds is 6. The van der Waals surface area contributed by atoms with Gasteiger partial charge in [-0.25, -0.2) is 0 Å². The predicted molar refractivity (Wildman–Crippen MR) is 117 cm³/mol. The van der Waals surface area contributed by atoms with Crippen LogP contribution in [0.3, 0.4) is 0 Å². The Morgan fingerprint density at radius 3 is 2.48 bits per heavy atom. The van der Waals surface area contributed by atoms with E-state index in [0.29, 0.717) is 50.6 Å². The highest BCUT2D eigenvalue weighted by molar-refractivity contribution is 5.91. The standard InChI is InChI=1S/C19H25N5O3.2ClH/c1-14-12-17(22-27-14)21-18(25)13-23-8-10-24(11-9-23)19(26)7-6-15-4-2-3-5-16(15)20;;/h2-5,12H,6-11,13,20H2,1H3,(H,21,22,25);2*1H. The fraction of sp³-hybridized carbons (Fsp3) is 0.421. The molecule has 0 spiro atoms. The molecule has 1 aliphatic rings. The van der Waals surface area contributed by atoms with E-state index in [1.54, 1.807) is 13.0 Å². The molecule has 2 amide bonds. The smallest absolute Gasteiger partial charge is 0.239 e. The molecule has 1 fully saturated rings. The van der Waals surface area contributed by atoms with Gasteiger partial charge in [0.15, 0.2) is 5.82 Å². The molecular formula is C19H27Cl2N5O3. The van der Waals surface area contributed by atoms with Gasteiger partial charge < -0.3 is 20.5 Å². The van der Waals surface area contributed by atoms with Gasteiger partial charge in [0.1, 0.15) is 5.76 Å². The van der Waals surface area contributed by atoms with E-state index in [4.69, 9.17) is 10.3 Å². The summed E-state index contributed by atoms with van der Waals surface area (Å²) in [5.41, 5.74) is 7.66. The van der Waals surface area contributed by atoms with Crippen LogP contribution in [0.4, 0.5) is 11.5 Å². The Hall–Kier alpha value is -2.29. The SMILES string of the molecule is Cc1cc(NC(=O)CN2CCN(C(=O)CCc3ccccc3N)CC2)no1.Cl.Cl. The summed E-state index contributed by atoms with van der Waals surface area (Å²) in [4.78, 5) is 28.4. The van der Waals surface area contributed by atoms with Crippen LogP contribution in [0.15, 0.2) is 34.9 Å². The molecule has 3 N–H and O–H groups in total. The summed E-state index contributed by atoms with van der Waals surface area (Å²) in [6.07, 6.45) is 1.09. The van der Waals surface area contributed by atoms with Crippen LogP contribution < -0.4 is 11.1 Å². The number of anilines is 2. The second-order valence-electron chi connectivity index (χ2n) is 6.73. The van der Waals surface area contributed by atoms with E-state index in [-0.39, 0.29) is 43.2 Å². The molecule has 2 heterocycles. The quantitative estimate of drug-likeness (QED) is 0.662. The number of aromatic nitrogens is 1. The number of hydrogen-bond donors (Lipinski definition) is 2. The average Bonchev–Trinajstić information content (AvgIpc) is 3.06. The minimum atomic E-state index is -0.136. The van der Waals surface area contributed by atoms with E-state index < -0.39 is 0 Å². The van der Waals surface area contributed by atoms with Crippen molar-refractivity contribution in [2.24, 2.45) is 0 Å². The normalized spacial score (nSPS) is 13.9. The fourth-order valence-electron chi connectivity index (χ4n) is 3.13. The van der Waals surface area contributed by atoms with Gasteiger partial charge in [-0.3, -0.25) is 14.5 Å². The number of nitrogen functional groups attached to an aromatic ring is 1. The second-order valence-corrected chi connectivity index (χ2v) is 6.73. The molecule has 29 heavy (non-hydrogen) atoms. The molecule has 2 aromatic rings. The van der Waals surface area contributed by atoms with Crippen molar-refractivity contribution in [3.05, 3.63) is 41.7 Å². The Morgan fingerprint density at radius 2 is 1.86 bits per heavy atom. The molecule has 0 saturated carbocycles. The van der Waals surface area contributed by atoms with Gasteiger partial charge in [0, 0.05) is 44.4 Å².